The van der Waals surface area contributed by atoms with Crippen molar-refractivity contribution in [2.75, 3.05) is 16.9 Å². The van der Waals surface area contributed by atoms with Crippen LogP contribution in [0.15, 0.2) is 35.6 Å². The molecule has 2 saturated heterocycles. The van der Waals surface area contributed by atoms with Gasteiger partial charge in [-0.15, -0.1) is 11.3 Å². The Kier molecular flexibility index (Phi) is 4.88. The van der Waals surface area contributed by atoms with Gasteiger partial charge in [0.15, 0.2) is 11.0 Å². The SMILES string of the molecule is CSc1nccc(-c2sc(N3C4CCC3CC4)c(C#N)c2-c2cccc(N)c2F)n1. The van der Waals surface area contributed by atoms with Gasteiger partial charge in [0, 0.05) is 29.4 Å². The number of hydrogen-bond acceptors (Lipinski definition) is 7. The van der Waals surface area contributed by atoms with Gasteiger partial charge in [0.1, 0.15) is 11.1 Å². The van der Waals surface area contributed by atoms with Crippen LogP contribution in [0, 0.1) is 17.1 Å². The number of thiophene rings is 1. The van der Waals surface area contributed by atoms with Crippen molar-refractivity contribution in [1.29, 1.82) is 5.26 Å². The predicted octanol–water partition coefficient (Wildman–Crippen LogP) is 5.32. The summed E-state index contributed by atoms with van der Waals surface area (Å²) in [5.41, 5.74) is 8.09. The molecule has 0 aliphatic carbocycles. The van der Waals surface area contributed by atoms with Gasteiger partial charge in [-0.2, -0.15) is 5.26 Å². The maximum Gasteiger partial charge on any atom is 0.187 e. The normalized spacial score (nSPS) is 20.0. The zero-order valence-electron chi connectivity index (χ0n) is 16.4. The predicted molar refractivity (Wildman–Crippen MR) is 120 cm³/mol. The molecule has 5 nitrogen and oxygen atoms in total. The van der Waals surface area contributed by atoms with E-state index < -0.39 is 5.82 Å². The zero-order chi connectivity index (χ0) is 20.8. The molecule has 0 atom stereocenters. The number of rotatable bonds is 4. The Bertz CT molecular complexity index is 1150. The summed E-state index contributed by atoms with van der Waals surface area (Å²) in [5, 5.41) is 11.7. The fourth-order valence-corrected chi connectivity index (χ4v) is 6.43. The molecule has 0 radical (unpaired) electrons. The van der Waals surface area contributed by atoms with E-state index in [0.29, 0.717) is 39.6 Å². The van der Waals surface area contributed by atoms with Crippen LogP contribution in [0.4, 0.5) is 15.1 Å². The number of fused-ring (bicyclic) bond motifs is 2. The van der Waals surface area contributed by atoms with E-state index in [1.54, 1.807) is 18.3 Å². The number of nitrogens with two attached hydrogens (primary N) is 1. The lowest BCUT2D eigenvalue weighted by Gasteiger charge is -2.23. The Hall–Kier alpha value is -2.63. The third kappa shape index (κ3) is 2.96. The minimum Gasteiger partial charge on any atom is -0.396 e. The van der Waals surface area contributed by atoms with Crippen LogP contribution in [-0.2, 0) is 0 Å². The number of aromatic nitrogens is 2. The van der Waals surface area contributed by atoms with Crippen molar-refractivity contribution in [3.8, 4) is 27.8 Å². The number of nitriles is 1. The van der Waals surface area contributed by atoms with Gasteiger partial charge in [-0.1, -0.05) is 23.9 Å². The molecule has 152 valence electrons. The molecule has 4 heterocycles. The Balaban J connectivity index is 1.79. The van der Waals surface area contributed by atoms with E-state index in [0.717, 1.165) is 35.6 Å². The summed E-state index contributed by atoms with van der Waals surface area (Å²) in [6, 6.07) is 10.1. The maximum absolute atomic E-state index is 15.1. The summed E-state index contributed by atoms with van der Waals surface area (Å²) in [7, 11) is 0. The Morgan fingerprint density at radius 1 is 1.23 bits per heavy atom. The molecular formula is C22H20FN5S2. The Morgan fingerprint density at radius 2 is 1.97 bits per heavy atom. The molecule has 5 rings (SSSR count). The van der Waals surface area contributed by atoms with Gasteiger partial charge in [-0.25, -0.2) is 14.4 Å². The van der Waals surface area contributed by atoms with E-state index in [-0.39, 0.29) is 5.69 Å². The highest BCUT2D eigenvalue weighted by Crippen LogP contribution is 2.52. The van der Waals surface area contributed by atoms with Crippen LogP contribution in [0.2, 0.25) is 0 Å². The molecule has 2 fully saturated rings. The lowest BCUT2D eigenvalue weighted by atomic mass is 9.99. The molecule has 1 aromatic carbocycles. The molecule has 0 unspecified atom stereocenters. The largest absolute Gasteiger partial charge is 0.396 e. The van der Waals surface area contributed by atoms with Gasteiger partial charge in [-0.05, 0) is 44.1 Å². The van der Waals surface area contributed by atoms with E-state index in [1.807, 2.05) is 12.3 Å². The topological polar surface area (TPSA) is 78.8 Å². The highest BCUT2D eigenvalue weighted by molar-refractivity contribution is 7.98. The molecule has 2 aromatic heterocycles. The summed E-state index contributed by atoms with van der Waals surface area (Å²) in [6.07, 6.45) is 8.21. The second-order valence-corrected chi connectivity index (χ2v) is 9.38. The fraction of sp³-hybridized carbons (Fsp3) is 0.318. The summed E-state index contributed by atoms with van der Waals surface area (Å²) < 4.78 is 15.1. The first-order chi connectivity index (χ1) is 14.6. The van der Waals surface area contributed by atoms with Crippen molar-refractivity contribution in [3.63, 3.8) is 0 Å². The van der Waals surface area contributed by atoms with E-state index in [4.69, 9.17) is 5.73 Å². The summed E-state index contributed by atoms with van der Waals surface area (Å²) in [5.74, 6) is -0.497. The van der Waals surface area contributed by atoms with Crippen LogP contribution in [0.25, 0.3) is 21.7 Å². The lowest BCUT2D eigenvalue weighted by molar-refractivity contribution is 0.576. The van der Waals surface area contributed by atoms with E-state index in [2.05, 4.69) is 20.9 Å². The molecule has 2 bridgehead atoms. The van der Waals surface area contributed by atoms with Gasteiger partial charge in [-0.3, -0.25) is 0 Å². The first kappa shape index (κ1) is 19.3. The Labute approximate surface area is 182 Å². The molecule has 2 aliphatic rings. The van der Waals surface area contributed by atoms with Gasteiger partial charge < -0.3 is 10.6 Å². The van der Waals surface area contributed by atoms with Crippen molar-refractivity contribution >= 4 is 33.8 Å². The number of anilines is 2. The van der Waals surface area contributed by atoms with Crippen molar-refractivity contribution in [2.24, 2.45) is 0 Å². The molecule has 30 heavy (non-hydrogen) atoms. The average Bonchev–Trinajstić information content (AvgIpc) is 3.47. The minimum absolute atomic E-state index is 0.0730. The summed E-state index contributed by atoms with van der Waals surface area (Å²) >= 11 is 2.98. The second-order valence-electron chi connectivity index (χ2n) is 7.61. The van der Waals surface area contributed by atoms with Crippen molar-refractivity contribution < 1.29 is 4.39 Å². The standard InChI is InChI=1S/C22H20FN5S2/c1-29-22-26-10-9-17(27-22)20-18(14-3-2-4-16(25)19(14)23)15(11-24)21(30-20)28-12-5-6-13(28)8-7-12/h2-4,9-10,12-13H,5-8,25H2,1H3. The highest BCUT2D eigenvalue weighted by Gasteiger charge is 2.42. The summed E-state index contributed by atoms with van der Waals surface area (Å²) in [4.78, 5) is 12.1. The van der Waals surface area contributed by atoms with Crippen LogP contribution in [0.1, 0.15) is 31.2 Å². The van der Waals surface area contributed by atoms with Gasteiger partial charge in [0.25, 0.3) is 0 Å². The molecule has 8 heteroatoms. The van der Waals surface area contributed by atoms with Crippen LogP contribution >= 0.6 is 23.1 Å². The van der Waals surface area contributed by atoms with Gasteiger partial charge >= 0.3 is 0 Å². The number of benzene rings is 1. The monoisotopic (exact) mass is 437 g/mol. The average molecular weight is 438 g/mol. The zero-order valence-corrected chi connectivity index (χ0v) is 18.1. The number of nitrogens with zero attached hydrogens (tertiary/aromatic N) is 4. The van der Waals surface area contributed by atoms with Crippen LogP contribution in [-0.4, -0.2) is 28.3 Å². The summed E-state index contributed by atoms with van der Waals surface area (Å²) in [6.45, 7) is 0. The number of nitrogen functional groups attached to an aromatic ring is 1. The third-order valence-electron chi connectivity index (χ3n) is 6.04. The van der Waals surface area contributed by atoms with E-state index in [9.17, 15) is 5.26 Å². The molecule has 0 saturated carbocycles. The molecule has 3 aromatic rings. The maximum atomic E-state index is 15.1. The van der Waals surface area contributed by atoms with Gasteiger partial charge in [0.2, 0.25) is 0 Å². The second kappa shape index (κ2) is 7.56. The van der Waals surface area contributed by atoms with Crippen molar-refractivity contribution in [3.05, 3.63) is 41.8 Å². The van der Waals surface area contributed by atoms with Crippen LogP contribution < -0.4 is 10.6 Å². The minimum atomic E-state index is -0.497. The quantitative estimate of drug-likeness (QED) is 0.338. The number of hydrogen-bond donors (Lipinski definition) is 1. The smallest absolute Gasteiger partial charge is 0.187 e. The molecule has 0 amide bonds. The third-order valence-corrected chi connectivity index (χ3v) is 7.82. The van der Waals surface area contributed by atoms with E-state index >= 15 is 4.39 Å². The van der Waals surface area contributed by atoms with Crippen LogP contribution in [0.3, 0.4) is 0 Å². The molecule has 2 N–H and O–H groups in total. The molecule has 2 aliphatic heterocycles. The van der Waals surface area contributed by atoms with E-state index in [1.165, 1.54) is 29.2 Å². The molecule has 0 spiro atoms. The Morgan fingerprint density at radius 3 is 2.63 bits per heavy atom. The first-order valence-electron chi connectivity index (χ1n) is 9.89. The number of halogens is 1. The fourth-order valence-electron chi connectivity index (χ4n) is 4.69. The lowest BCUT2D eigenvalue weighted by Crippen LogP contribution is -2.27. The first-order valence-corrected chi connectivity index (χ1v) is 11.9. The highest BCUT2D eigenvalue weighted by atomic mass is 32.2. The van der Waals surface area contributed by atoms with Crippen molar-refractivity contribution in [1.82, 2.24) is 9.97 Å². The van der Waals surface area contributed by atoms with Crippen LogP contribution in [0.5, 0.6) is 0 Å². The number of thioether (sulfide) groups is 1. The van der Waals surface area contributed by atoms with Crippen molar-refractivity contribution in [2.45, 2.75) is 42.9 Å². The van der Waals surface area contributed by atoms with Gasteiger partial charge in [0.05, 0.1) is 21.8 Å². The molecular weight excluding hydrogens is 417 g/mol.